The Labute approximate surface area is 133 Å². The van der Waals surface area contributed by atoms with Gasteiger partial charge in [-0.15, -0.1) is 0 Å². The first-order valence-corrected chi connectivity index (χ1v) is 8.62. The second kappa shape index (κ2) is 5.83. The highest BCUT2D eigenvalue weighted by Gasteiger charge is 2.46. The van der Waals surface area contributed by atoms with Crippen molar-refractivity contribution in [1.29, 1.82) is 0 Å². The minimum atomic E-state index is -1.26. The van der Waals surface area contributed by atoms with E-state index in [9.17, 15) is 19.4 Å². The van der Waals surface area contributed by atoms with E-state index in [0.717, 1.165) is 11.3 Å². The molecule has 1 heterocycles. The Kier molecular flexibility index (Phi) is 4.18. The fourth-order valence-electron chi connectivity index (χ4n) is 3.18. The van der Waals surface area contributed by atoms with E-state index in [1.165, 1.54) is 12.1 Å². The molecule has 1 amide bonds. The molecule has 2 fully saturated rings. The molecule has 22 heavy (non-hydrogen) atoms. The highest BCUT2D eigenvalue weighted by atomic mass is 32.2. The fraction of sp³-hybridized carbons (Fsp3) is 0.562. The monoisotopic (exact) mass is 325 g/mol. The third-order valence-electron chi connectivity index (χ3n) is 4.43. The zero-order chi connectivity index (χ0) is 15.8. The molecule has 1 aliphatic carbocycles. The van der Waals surface area contributed by atoms with Crippen molar-refractivity contribution in [2.75, 3.05) is 11.5 Å². The largest absolute Gasteiger partial charge is 0.389 e. The van der Waals surface area contributed by atoms with E-state index in [1.54, 1.807) is 23.9 Å². The summed E-state index contributed by atoms with van der Waals surface area (Å²) in [7, 11) is 0. The van der Waals surface area contributed by atoms with Crippen LogP contribution in [0.25, 0.3) is 0 Å². The molecule has 0 bridgehead atoms. The molecule has 120 valence electrons. The summed E-state index contributed by atoms with van der Waals surface area (Å²) in [5.74, 6) is 0.568. The van der Waals surface area contributed by atoms with Crippen molar-refractivity contribution in [3.63, 3.8) is 0 Å². The quantitative estimate of drug-likeness (QED) is 0.779. The second-order valence-electron chi connectivity index (χ2n) is 6.44. The molecule has 3 rings (SSSR count). The minimum Gasteiger partial charge on any atom is -0.389 e. The number of nitrogens with one attached hydrogen (secondary N) is 1. The van der Waals surface area contributed by atoms with Crippen LogP contribution in [0.3, 0.4) is 0 Å². The Morgan fingerprint density at radius 2 is 2.18 bits per heavy atom. The number of benzene rings is 1. The lowest BCUT2D eigenvalue weighted by Crippen LogP contribution is -2.60. The number of hydrogen-bond donors (Lipinski definition) is 3. The summed E-state index contributed by atoms with van der Waals surface area (Å²) >= 11 is 1.57. The van der Waals surface area contributed by atoms with Crippen molar-refractivity contribution in [3.05, 3.63) is 35.6 Å². The summed E-state index contributed by atoms with van der Waals surface area (Å²) in [4.78, 5) is 12.1. The van der Waals surface area contributed by atoms with E-state index in [4.69, 9.17) is 0 Å². The number of hydrogen-bond acceptors (Lipinski definition) is 4. The molecule has 6 heteroatoms. The van der Waals surface area contributed by atoms with Crippen molar-refractivity contribution >= 4 is 17.7 Å². The Morgan fingerprint density at radius 3 is 2.82 bits per heavy atom. The molecule has 1 aromatic carbocycles. The Bertz CT molecular complexity index is 568. The topological polar surface area (TPSA) is 69.6 Å². The molecule has 1 aromatic rings. The SMILES string of the molecule is O=C(NC1CC(O)(Cc2cccc(F)c2)C1)C1(O)CCSC1. The van der Waals surface area contributed by atoms with E-state index in [0.29, 0.717) is 31.4 Å². The Hall–Kier alpha value is -1.11. The molecule has 4 nitrogen and oxygen atoms in total. The maximum atomic E-state index is 13.2. The molecular weight excluding hydrogens is 305 g/mol. The lowest BCUT2D eigenvalue weighted by atomic mass is 9.72. The summed E-state index contributed by atoms with van der Waals surface area (Å²) in [5.41, 5.74) is -1.42. The molecule has 0 spiro atoms. The molecule has 2 aliphatic rings. The van der Waals surface area contributed by atoms with Gasteiger partial charge in [0.05, 0.1) is 5.60 Å². The summed E-state index contributed by atoms with van der Waals surface area (Å²) in [6, 6.07) is 6.07. The predicted molar refractivity (Wildman–Crippen MR) is 83.1 cm³/mol. The molecule has 1 saturated heterocycles. The lowest BCUT2D eigenvalue weighted by Gasteiger charge is -2.44. The summed E-state index contributed by atoms with van der Waals surface area (Å²) in [6.45, 7) is 0. The molecule has 3 N–H and O–H groups in total. The van der Waals surface area contributed by atoms with Crippen LogP contribution in [0.4, 0.5) is 4.39 Å². The van der Waals surface area contributed by atoms with Crippen molar-refractivity contribution in [1.82, 2.24) is 5.32 Å². The Morgan fingerprint density at radius 1 is 1.41 bits per heavy atom. The summed E-state index contributed by atoms with van der Waals surface area (Å²) in [6.07, 6.45) is 1.71. The van der Waals surface area contributed by atoms with Crippen molar-refractivity contribution in [2.24, 2.45) is 0 Å². The van der Waals surface area contributed by atoms with E-state index < -0.39 is 11.2 Å². The van der Waals surface area contributed by atoms with Crippen LogP contribution in [-0.2, 0) is 11.2 Å². The fourth-order valence-corrected chi connectivity index (χ4v) is 4.42. The van der Waals surface area contributed by atoms with Gasteiger partial charge < -0.3 is 15.5 Å². The van der Waals surface area contributed by atoms with Gasteiger partial charge >= 0.3 is 0 Å². The third kappa shape index (κ3) is 3.29. The highest BCUT2D eigenvalue weighted by Crippen LogP contribution is 2.36. The average molecular weight is 325 g/mol. The number of carbonyl (C=O) groups excluding carboxylic acids is 1. The van der Waals surface area contributed by atoms with Gasteiger partial charge in [0.25, 0.3) is 5.91 Å². The Balaban J connectivity index is 1.51. The van der Waals surface area contributed by atoms with Crippen LogP contribution >= 0.6 is 11.8 Å². The van der Waals surface area contributed by atoms with E-state index in [-0.39, 0.29) is 17.8 Å². The summed E-state index contributed by atoms with van der Waals surface area (Å²) < 4.78 is 13.2. The summed E-state index contributed by atoms with van der Waals surface area (Å²) in [5, 5.41) is 23.4. The zero-order valence-corrected chi connectivity index (χ0v) is 13.0. The van der Waals surface area contributed by atoms with E-state index in [1.807, 2.05) is 0 Å². The van der Waals surface area contributed by atoms with Gasteiger partial charge in [-0.3, -0.25) is 4.79 Å². The standard InChI is InChI=1S/C16H20FNO3S/c17-12-3-1-2-11(6-12)7-15(20)8-13(9-15)18-14(19)16(21)4-5-22-10-16/h1-3,6,13,20-21H,4-5,7-10H2,(H,18,19). The second-order valence-corrected chi connectivity index (χ2v) is 7.55. The first-order valence-electron chi connectivity index (χ1n) is 7.47. The first kappa shape index (κ1) is 15.8. The van der Waals surface area contributed by atoms with Crippen LogP contribution in [0.15, 0.2) is 24.3 Å². The molecule has 0 radical (unpaired) electrons. The third-order valence-corrected chi connectivity index (χ3v) is 5.61. The average Bonchev–Trinajstić information content (AvgIpc) is 2.85. The smallest absolute Gasteiger partial charge is 0.253 e. The number of aliphatic hydroxyl groups is 2. The van der Waals surface area contributed by atoms with Gasteiger partial charge in [-0.1, -0.05) is 12.1 Å². The van der Waals surface area contributed by atoms with Gasteiger partial charge in [0.2, 0.25) is 0 Å². The molecule has 1 unspecified atom stereocenters. The maximum Gasteiger partial charge on any atom is 0.253 e. The van der Waals surface area contributed by atoms with Crippen molar-refractivity contribution in [3.8, 4) is 0 Å². The van der Waals surface area contributed by atoms with Gasteiger partial charge in [-0.05, 0) is 42.7 Å². The maximum absolute atomic E-state index is 13.2. The first-order chi connectivity index (χ1) is 10.4. The lowest BCUT2D eigenvalue weighted by molar-refractivity contribution is -0.141. The molecule has 0 aromatic heterocycles. The minimum absolute atomic E-state index is 0.124. The van der Waals surface area contributed by atoms with Crippen LogP contribution in [0.2, 0.25) is 0 Å². The van der Waals surface area contributed by atoms with Gasteiger partial charge in [-0.2, -0.15) is 11.8 Å². The van der Waals surface area contributed by atoms with Crippen LogP contribution in [0, 0.1) is 5.82 Å². The van der Waals surface area contributed by atoms with Crippen LogP contribution in [0.5, 0.6) is 0 Å². The number of carbonyl (C=O) groups is 1. The number of rotatable bonds is 4. The number of thioether (sulfide) groups is 1. The molecule has 1 aliphatic heterocycles. The van der Waals surface area contributed by atoms with Crippen molar-refractivity contribution in [2.45, 2.75) is 42.9 Å². The highest BCUT2D eigenvalue weighted by molar-refractivity contribution is 7.99. The normalized spacial score (nSPS) is 34.2. The van der Waals surface area contributed by atoms with Gasteiger partial charge in [0.15, 0.2) is 5.60 Å². The number of amides is 1. The van der Waals surface area contributed by atoms with Crippen molar-refractivity contribution < 1.29 is 19.4 Å². The molecular formula is C16H20FNO3S. The van der Waals surface area contributed by atoms with E-state index >= 15 is 0 Å². The van der Waals surface area contributed by atoms with Crippen LogP contribution < -0.4 is 5.32 Å². The van der Waals surface area contributed by atoms with Crippen LogP contribution in [0.1, 0.15) is 24.8 Å². The molecule has 1 saturated carbocycles. The zero-order valence-electron chi connectivity index (χ0n) is 12.2. The van der Waals surface area contributed by atoms with Gasteiger partial charge in [0.1, 0.15) is 5.82 Å². The molecule has 1 atom stereocenters. The van der Waals surface area contributed by atoms with Crippen LogP contribution in [-0.4, -0.2) is 44.9 Å². The predicted octanol–water partition coefficient (Wildman–Crippen LogP) is 1.25. The van der Waals surface area contributed by atoms with Gasteiger partial charge in [0, 0.05) is 18.2 Å². The van der Waals surface area contributed by atoms with E-state index in [2.05, 4.69) is 5.32 Å². The number of halogens is 1. The van der Waals surface area contributed by atoms with Gasteiger partial charge in [-0.25, -0.2) is 4.39 Å².